The first kappa shape index (κ1) is 11.1. The van der Waals surface area contributed by atoms with Crippen molar-refractivity contribution in [3.05, 3.63) is 11.3 Å². The molecular formula is C11H18N4O. The first-order valence-electron chi connectivity index (χ1n) is 5.57. The summed E-state index contributed by atoms with van der Waals surface area (Å²) >= 11 is 0. The van der Waals surface area contributed by atoms with Crippen molar-refractivity contribution in [3.8, 4) is 6.01 Å². The van der Waals surface area contributed by atoms with Crippen LogP contribution in [0.5, 0.6) is 6.01 Å². The van der Waals surface area contributed by atoms with Crippen LogP contribution in [0.25, 0.3) is 0 Å². The predicted molar refractivity (Wildman–Crippen MR) is 62.3 cm³/mol. The van der Waals surface area contributed by atoms with Gasteiger partial charge in [-0.25, -0.2) is 0 Å². The van der Waals surface area contributed by atoms with Gasteiger partial charge in [0.1, 0.15) is 5.82 Å². The Hall–Kier alpha value is -1.36. The van der Waals surface area contributed by atoms with Gasteiger partial charge in [-0.3, -0.25) is 0 Å². The van der Waals surface area contributed by atoms with Gasteiger partial charge in [-0.05, 0) is 12.3 Å². The van der Waals surface area contributed by atoms with Gasteiger partial charge in [0.15, 0.2) is 0 Å². The molecule has 5 heteroatoms. The van der Waals surface area contributed by atoms with E-state index in [0.29, 0.717) is 17.7 Å². The second-order valence-corrected chi connectivity index (χ2v) is 4.39. The Labute approximate surface area is 95.4 Å². The number of ether oxygens (including phenoxy) is 1. The summed E-state index contributed by atoms with van der Waals surface area (Å²) in [6.45, 7) is 5.25. The Bertz CT molecular complexity index is 392. The largest absolute Gasteiger partial charge is 0.467 e. The molecule has 0 saturated carbocycles. The summed E-state index contributed by atoms with van der Waals surface area (Å²) in [7, 11) is 1.56. The van der Waals surface area contributed by atoms with Gasteiger partial charge in [0.2, 0.25) is 0 Å². The number of fused-ring (bicyclic) bond motifs is 1. The molecule has 0 aliphatic carbocycles. The van der Waals surface area contributed by atoms with Gasteiger partial charge in [0, 0.05) is 12.1 Å². The fourth-order valence-corrected chi connectivity index (χ4v) is 2.10. The summed E-state index contributed by atoms with van der Waals surface area (Å²) in [4.78, 5) is 8.53. The fraction of sp³-hybridized carbons (Fsp3) is 0.636. The molecule has 1 atom stereocenters. The molecule has 2 heterocycles. The number of nitrogens with one attached hydrogen (secondary N) is 1. The van der Waals surface area contributed by atoms with Crippen LogP contribution in [-0.4, -0.2) is 23.6 Å². The standard InChI is InChI=1S/C11H18N4O/c1-6(2)8-9-7(4-5-13-8)10(12)15-11(14-9)16-3/h6,8,13H,4-5H2,1-3H3,(H2,12,14,15). The second-order valence-electron chi connectivity index (χ2n) is 4.39. The summed E-state index contributed by atoms with van der Waals surface area (Å²) < 4.78 is 5.06. The van der Waals surface area contributed by atoms with E-state index < -0.39 is 0 Å². The minimum Gasteiger partial charge on any atom is -0.467 e. The fourth-order valence-electron chi connectivity index (χ4n) is 2.10. The number of nitrogen functional groups attached to an aromatic ring is 1. The average molecular weight is 222 g/mol. The Balaban J connectivity index is 2.49. The number of methoxy groups -OCH3 is 1. The van der Waals surface area contributed by atoms with Crippen molar-refractivity contribution in [1.29, 1.82) is 0 Å². The van der Waals surface area contributed by atoms with Gasteiger partial charge in [0.25, 0.3) is 0 Å². The minimum atomic E-state index is 0.239. The van der Waals surface area contributed by atoms with Crippen LogP contribution in [0.4, 0.5) is 5.82 Å². The molecular weight excluding hydrogens is 204 g/mol. The lowest BCUT2D eigenvalue weighted by Crippen LogP contribution is -2.34. The highest BCUT2D eigenvalue weighted by Gasteiger charge is 2.26. The van der Waals surface area contributed by atoms with Gasteiger partial charge >= 0.3 is 6.01 Å². The Morgan fingerprint density at radius 3 is 2.81 bits per heavy atom. The molecule has 0 spiro atoms. The van der Waals surface area contributed by atoms with Gasteiger partial charge < -0.3 is 15.8 Å². The number of anilines is 1. The molecule has 1 aromatic rings. The van der Waals surface area contributed by atoms with E-state index in [0.717, 1.165) is 24.2 Å². The molecule has 0 fully saturated rings. The molecule has 1 unspecified atom stereocenters. The van der Waals surface area contributed by atoms with Crippen LogP contribution in [-0.2, 0) is 6.42 Å². The van der Waals surface area contributed by atoms with E-state index in [-0.39, 0.29) is 6.04 Å². The molecule has 1 aliphatic rings. The molecule has 0 radical (unpaired) electrons. The van der Waals surface area contributed by atoms with Gasteiger partial charge in [-0.2, -0.15) is 9.97 Å². The Kier molecular flexibility index (Phi) is 2.96. The van der Waals surface area contributed by atoms with E-state index in [2.05, 4.69) is 29.1 Å². The van der Waals surface area contributed by atoms with Crippen LogP contribution >= 0.6 is 0 Å². The number of rotatable bonds is 2. The van der Waals surface area contributed by atoms with Crippen LogP contribution in [0, 0.1) is 5.92 Å². The molecule has 0 amide bonds. The van der Waals surface area contributed by atoms with Gasteiger partial charge in [-0.15, -0.1) is 0 Å². The molecule has 0 aromatic carbocycles. The highest BCUT2D eigenvalue weighted by molar-refractivity contribution is 5.45. The predicted octanol–water partition coefficient (Wildman–Crippen LogP) is 0.910. The van der Waals surface area contributed by atoms with Crippen LogP contribution in [0.2, 0.25) is 0 Å². The van der Waals surface area contributed by atoms with E-state index in [1.807, 2.05) is 0 Å². The SMILES string of the molecule is COc1nc(N)c2c(n1)C(C(C)C)NCC2. The highest BCUT2D eigenvalue weighted by Crippen LogP contribution is 2.30. The maximum atomic E-state index is 5.92. The third-order valence-electron chi connectivity index (χ3n) is 2.93. The second kappa shape index (κ2) is 4.25. The normalized spacial score (nSPS) is 19.6. The molecule has 16 heavy (non-hydrogen) atoms. The number of hydrogen-bond donors (Lipinski definition) is 2. The van der Waals surface area contributed by atoms with Crippen molar-refractivity contribution in [2.24, 2.45) is 5.92 Å². The third kappa shape index (κ3) is 1.82. The summed E-state index contributed by atoms with van der Waals surface area (Å²) in [5, 5.41) is 3.45. The summed E-state index contributed by atoms with van der Waals surface area (Å²) in [5.41, 5.74) is 7.98. The lowest BCUT2D eigenvalue weighted by Gasteiger charge is -2.29. The highest BCUT2D eigenvalue weighted by atomic mass is 16.5. The van der Waals surface area contributed by atoms with E-state index in [1.54, 1.807) is 7.11 Å². The zero-order valence-corrected chi connectivity index (χ0v) is 9.95. The average Bonchev–Trinajstić information content (AvgIpc) is 2.28. The Morgan fingerprint density at radius 2 is 2.19 bits per heavy atom. The zero-order valence-electron chi connectivity index (χ0n) is 9.95. The third-order valence-corrected chi connectivity index (χ3v) is 2.93. The number of nitrogens with zero attached hydrogens (tertiary/aromatic N) is 2. The van der Waals surface area contributed by atoms with Crippen molar-refractivity contribution in [3.63, 3.8) is 0 Å². The zero-order chi connectivity index (χ0) is 11.7. The van der Waals surface area contributed by atoms with Crippen molar-refractivity contribution in [1.82, 2.24) is 15.3 Å². The van der Waals surface area contributed by atoms with Crippen molar-refractivity contribution >= 4 is 5.82 Å². The van der Waals surface area contributed by atoms with Gasteiger partial charge in [0.05, 0.1) is 18.8 Å². The van der Waals surface area contributed by atoms with Crippen LogP contribution < -0.4 is 15.8 Å². The van der Waals surface area contributed by atoms with E-state index in [9.17, 15) is 0 Å². The maximum Gasteiger partial charge on any atom is 0.318 e. The maximum absolute atomic E-state index is 5.92. The smallest absolute Gasteiger partial charge is 0.318 e. The lowest BCUT2D eigenvalue weighted by atomic mass is 9.92. The van der Waals surface area contributed by atoms with E-state index in [4.69, 9.17) is 10.5 Å². The molecule has 1 aromatic heterocycles. The van der Waals surface area contributed by atoms with Crippen LogP contribution in [0.3, 0.4) is 0 Å². The molecule has 0 bridgehead atoms. The number of aromatic nitrogens is 2. The van der Waals surface area contributed by atoms with E-state index >= 15 is 0 Å². The van der Waals surface area contributed by atoms with Crippen molar-refractivity contribution < 1.29 is 4.74 Å². The Morgan fingerprint density at radius 1 is 1.44 bits per heavy atom. The monoisotopic (exact) mass is 222 g/mol. The molecule has 5 nitrogen and oxygen atoms in total. The summed E-state index contributed by atoms with van der Waals surface area (Å²) in [6.07, 6.45) is 0.883. The van der Waals surface area contributed by atoms with Crippen molar-refractivity contribution in [2.45, 2.75) is 26.3 Å². The van der Waals surface area contributed by atoms with Crippen LogP contribution in [0.1, 0.15) is 31.1 Å². The summed E-state index contributed by atoms with van der Waals surface area (Å²) in [6, 6.07) is 0.591. The molecule has 2 rings (SSSR count). The lowest BCUT2D eigenvalue weighted by molar-refractivity contribution is 0.353. The number of nitrogens with two attached hydrogens (primary N) is 1. The molecule has 88 valence electrons. The topological polar surface area (TPSA) is 73.1 Å². The van der Waals surface area contributed by atoms with Crippen LogP contribution in [0.15, 0.2) is 0 Å². The first-order valence-corrected chi connectivity index (χ1v) is 5.57. The molecule has 0 saturated heterocycles. The molecule has 1 aliphatic heterocycles. The van der Waals surface area contributed by atoms with Crippen molar-refractivity contribution in [2.75, 3.05) is 19.4 Å². The first-order chi connectivity index (χ1) is 7.63. The van der Waals surface area contributed by atoms with E-state index in [1.165, 1.54) is 0 Å². The minimum absolute atomic E-state index is 0.239. The summed E-state index contributed by atoms with van der Waals surface area (Å²) in [5.74, 6) is 1.02. The number of hydrogen-bond acceptors (Lipinski definition) is 5. The molecule has 3 N–H and O–H groups in total. The quantitative estimate of drug-likeness (QED) is 0.778. The van der Waals surface area contributed by atoms with Gasteiger partial charge in [-0.1, -0.05) is 13.8 Å².